The Balaban J connectivity index is 2.69. The van der Waals surface area contributed by atoms with E-state index in [2.05, 4.69) is 5.10 Å². The summed E-state index contributed by atoms with van der Waals surface area (Å²) in [5, 5.41) is 6.70. The maximum absolute atomic E-state index is 11.8. The van der Waals surface area contributed by atoms with E-state index in [-0.39, 0.29) is 0 Å². The SMILES string of the molecule is COC(=O)c1c(-c2c(C)nn(C)c2C)csc1N. The summed E-state index contributed by atoms with van der Waals surface area (Å²) in [5.41, 5.74) is 9.90. The fraction of sp³-hybridized carbons (Fsp3) is 0.333. The number of anilines is 1. The van der Waals surface area contributed by atoms with E-state index in [1.54, 1.807) is 4.68 Å². The Hall–Kier alpha value is -1.82. The Kier molecular flexibility index (Phi) is 3.13. The zero-order valence-corrected chi connectivity index (χ0v) is 11.6. The summed E-state index contributed by atoms with van der Waals surface area (Å²) in [5.74, 6) is -0.411. The number of thiophene rings is 1. The van der Waals surface area contributed by atoms with Gasteiger partial charge in [0.15, 0.2) is 0 Å². The van der Waals surface area contributed by atoms with Crippen LogP contribution in [0, 0.1) is 13.8 Å². The molecule has 2 heterocycles. The lowest BCUT2D eigenvalue weighted by atomic mass is 10.0. The molecule has 0 amide bonds. The third-order valence-electron chi connectivity index (χ3n) is 2.99. The first-order valence-corrected chi connectivity index (χ1v) is 6.31. The number of hydrogen-bond donors (Lipinski definition) is 1. The molecule has 0 aromatic carbocycles. The van der Waals surface area contributed by atoms with Gasteiger partial charge in [-0.25, -0.2) is 4.79 Å². The number of aryl methyl sites for hydroxylation is 2. The summed E-state index contributed by atoms with van der Waals surface area (Å²) in [6.45, 7) is 3.88. The number of esters is 1. The summed E-state index contributed by atoms with van der Waals surface area (Å²) in [6.07, 6.45) is 0. The molecule has 0 aliphatic carbocycles. The maximum atomic E-state index is 11.8. The first-order valence-electron chi connectivity index (χ1n) is 5.43. The van der Waals surface area contributed by atoms with Gasteiger partial charge in [0.1, 0.15) is 10.6 Å². The molecule has 0 aliphatic rings. The molecule has 2 N–H and O–H groups in total. The molecule has 5 nitrogen and oxygen atoms in total. The van der Waals surface area contributed by atoms with Gasteiger partial charge >= 0.3 is 5.97 Å². The van der Waals surface area contributed by atoms with Crippen LogP contribution in [-0.4, -0.2) is 22.9 Å². The van der Waals surface area contributed by atoms with Crippen molar-refractivity contribution in [2.45, 2.75) is 13.8 Å². The van der Waals surface area contributed by atoms with Crippen molar-refractivity contribution in [2.75, 3.05) is 12.8 Å². The maximum Gasteiger partial charge on any atom is 0.341 e. The summed E-state index contributed by atoms with van der Waals surface area (Å²) in [6, 6.07) is 0. The van der Waals surface area contributed by atoms with E-state index < -0.39 is 5.97 Å². The Morgan fingerprint density at radius 2 is 2.17 bits per heavy atom. The molecule has 0 fully saturated rings. The average Bonchev–Trinajstić information content (AvgIpc) is 2.80. The standard InChI is InChI=1S/C12H15N3O2S/c1-6-9(7(2)15(3)14-6)8-5-18-11(13)10(8)12(16)17-4/h5H,13H2,1-4H3. The number of nitrogens with zero attached hydrogens (tertiary/aromatic N) is 2. The Morgan fingerprint density at radius 1 is 1.50 bits per heavy atom. The zero-order valence-electron chi connectivity index (χ0n) is 10.8. The third kappa shape index (κ3) is 1.78. The van der Waals surface area contributed by atoms with Gasteiger partial charge in [-0.15, -0.1) is 11.3 Å². The monoisotopic (exact) mass is 265 g/mol. The second kappa shape index (κ2) is 4.45. The number of hydrogen-bond acceptors (Lipinski definition) is 5. The van der Waals surface area contributed by atoms with Crippen molar-refractivity contribution in [3.63, 3.8) is 0 Å². The van der Waals surface area contributed by atoms with E-state index in [1.165, 1.54) is 18.4 Å². The van der Waals surface area contributed by atoms with Gasteiger partial charge < -0.3 is 10.5 Å². The van der Waals surface area contributed by atoms with Gasteiger partial charge in [-0.1, -0.05) is 0 Å². The van der Waals surface area contributed by atoms with Crippen LogP contribution < -0.4 is 5.73 Å². The van der Waals surface area contributed by atoms with Gasteiger partial charge in [0.25, 0.3) is 0 Å². The molecule has 0 unspecified atom stereocenters. The number of carbonyl (C=O) groups is 1. The first-order chi connectivity index (χ1) is 8.47. The van der Waals surface area contributed by atoms with Crippen molar-refractivity contribution in [2.24, 2.45) is 7.05 Å². The van der Waals surface area contributed by atoms with Crippen LogP contribution in [-0.2, 0) is 11.8 Å². The number of methoxy groups -OCH3 is 1. The topological polar surface area (TPSA) is 70.1 Å². The molecular weight excluding hydrogens is 250 g/mol. The van der Waals surface area contributed by atoms with Crippen molar-refractivity contribution in [3.8, 4) is 11.1 Å². The van der Waals surface area contributed by atoms with Crippen LogP contribution in [0.5, 0.6) is 0 Å². The predicted octanol–water partition coefficient (Wildman–Crippen LogP) is 2.13. The summed E-state index contributed by atoms with van der Waals surface area (Å²) in [4.78, 5) is 11.8. The number of carbonyl (C=O) groups excluding carboxylic acids is 1. The highest BCUT2D eigenvalue weighted by molar-refractivity contribution is 7.15. The molecule has 0 saturated heterocycles. The second-order valence-corrected chi connectivity index (χ2v) is 4.96. The molecule has 0 aliphatic heterocycles. The van der Waals surface area contributed by atoms with Gasteiger partial charge in [-0.05, 0) is 13.8 Å². The lowest BCUT2D eigenvalue weighted by Gasteiger charge is -2.04. The molecule has 2 aromatic heterocycles. The van der Waals surface area contributed by atoms with Gasteiger partial charge in [0.05, 0.1) is 12.8 Å². The molecule has 0 atom stereocenters. The number of aromatic nitrogens is 2. The van der Waals surface area contributed by atoms with E-state index in [4.69, 9.17) is 10.5 Å². The van der Waals surface area contributed by atoms with E-state index in [9.17, 15) is 4.79 Å². The lowest BCUT2D eigenvalue weighted by Crippen LogP contribution is -2.05. The van der Waals surface area contributed by atoms with Crippen LogP contribution in [0.4, 0.5) is 5.00 Å². The molecule has 0 bridgehead atoms. The fourth-order valence-corrected chi connectivity index (χ4v) is 2.82. The molecule has 0 saturated carbocycles. The summed E-state index contributed by atoms with van der Waals surface area (Å²) in [7, 11) is 3.23. The largest absolute Gasteiger partial charge is 0.465 e. The van der Waals surface area contributed by atoms with Crippen molar-refractivity contribution in [3.05, 3.63) is 22.3 Å². The number of nitrogen functional groups attached to an aromatic ring is 1. The fourth-order valence-electron chi connectivity index (χ4n) is 2.03. The molecule has 6 heteroatoms. The van der Waals surface area contributed by atoms with Crippen molar-refractivity contribution >= 4 is 22.3 Å². The number of rotatable bonds is 2. The molecule has 18 heavy (non-hydrogen) atoms. The first kappa shape index (κ1) is 12.6. The quantitative estimate of drug-likeness (QED) is 0.844. The van der Waals surface area contributed by atoms with Crippen LogP contribution in [0.1, 0.15) is 21.7 Å². The predicted molar refractivity (Wildman–Crippen MR) is 71.7 cm³/mol. The van der Waals surface area contributed by atoms with Gasteiger partial charge in [-0.3, -0.25) is 4.68 Å². The molecule has 2 rings (SSSR count). The Morgan fingerprint density at radius 3 is 2.67 bits per heavy atom. The Bertz CT molecular complexity index is 613. The van der Waals surface area contributed by atoms with Crippen LogP contribution in [0.15, 0.2) is 5.38 Å². The highest BCUT2D eigenvalue weighted by Gasteiger charge is 2.23. The smallest absolute Gasteiger partial charge is 0.341 e. The van der Waals surface area contributed by atoms with Crippen molar-refractivity contribution in [1.29, 1.82) is 0 Å². The lowest BCUT2D eigenvalue weighted by molar-refractivity contribution is 0.0603. The van der Waals surface area contributed by atoms with Crippen LogP contribution in [0.3, 0.4) is 0 Å². The highest BCUT2D eigenvalue weighted by atomic mass is 32.1. The Labute approximate surface area is 109 Å². The minimum absolute atomic E-state index is 0.411. The third-order valence-corrected chi connectivity index (χ3v) is 3.80. The minimum Gasteiger partial charge on any atom is -0.465 e. The van der Waals surface area contributed by atoms with E-state index in [0.717, 1.165) is 22.5 Å². The number of ether oxygens (including phenoxy) is 1. The van der Waals surface area contributed by atoms with E-state index >= 15 is 0 Å². The van der Waals surface area contributed by atoms with Crippen molar-refractivity contribution < 1.29 is 9.53 Å². The minimum atomic E-state index is -0.411. The van der Waals surface area contributed by atoms with E-state index in [1.807, 2.05) is 26.3 Å². The van der Waals surface area contributed by atoms with Gasteiger partial charge in [-0.2, -0.15) is 5.10 Å². The van der Waals surface area contributed by atoms with Crippen molar-refractivity contribution in [1.82, 2.24) is 9.78 Å². The second-order valence-electron chi connectivity index (χ2n) is 4.05. The normalized spacial score (nSPS) is 10.7. The van der Waals surface area contributed by atoms with Crippen LogP contribution in [0.25, 0.3) is 11.1 Å². The zero-order chi connectivity index (χ0) is 13.4. The molecule has 0 radical (unpaired) electrons. The summed E-state index contributed by atoms with van der Waals surface area (Å²) < 4.78 is 6.58. The average molecular weight is 265 g/mol. The molecule has 0 spiro atoms. The molecular formula is C12H15N3O2S. The number of nitrogens with two attached hydrogens (primary N) is 1. The van der Waals surface area contributed by atoms with Crippen LogP contribution in [0.2, 0.25) is 0 Å². The van der Waals surface area contributed by atoms with E-state index in [0.29, 0.717) is 10.6 Å². The van der Waals surface area contributed by atoms with Gasteiger partial charge in [0, 0.05) is 29.2 Å². The molecule has 2 aromatic rings. The highest BCUT2D eigenvalue weighted by Crippen LogP contribution is 2.37. The van der Waals surface area contributed by atoms with Crippen LogP contribution >= 0.6 is 11.3 Å². The summed E-state index contributed by atoms with van der Waals surface area (Å²) >= 11 is 1.34. The molecule has 96 valence electrons. The van der Waals surface area contributed by atoms with Gasteiger partial charge in [0.2, 0.25) is 0 Å².